The van der Waals surface area contributed by atoms with Crippen molar-refractivity contribution in [2.24, 2.45) is 0 Å². The molecule has 2 heteroatoms. The maximum atomic E-state index is 11.7. The number of aryl methyl sites for hydroxylation is 1. The van der Waals surface area contributed by atoms with E-state index in [0.717, 1.165) is 19.3 Å². The Morgan fingerprint density at radius 1 is 0.793 bits per heavy atom. The number of ether oxygens (including phenoxy) is 1. The van der Waals surface area contributed by atoms with E-state index in [2.05, 4.69) is 79.4 Å². The van der Waals surface area contributed by atoms with Gasteiger partial charge in [0.2, 0.25) is 0 Å². The van der Waals surface area contributed by atoms with E-state index in [9.17, 15) is 4.79 Å². The van der Waals surface area contributed by atoms with Gasteiger partial charge in [-0.3, -0.25) is 0 Å². The van der Waals surface area contributed by atoms with Gasteiger partial charge in [-0.15, -0.1) is 0 Å². The third-order valence-corrected chi connectivity index (χ3v) is 5.33. The average Bonchev–Trinajstić information content (AvgIpc) is 2.80. The molecular formula is C27H28O2. The Morgan fingerprint density at radius 2 is 1.31 bits per heavy atom. The first-order valence-electron chi connectivity index (χ1n) is 10.2. The zero-order valence-electron chi connectivity index (χ0n) is 16.7. The topological polar surface area (TPSA) is 26.3 Å². The molecule has 0 aliphatic rings. The van der Waals surface area contributed by atoms with Gasteiger partial charge in [0.25, 0.3) is 0 Å². The maximum absolute atomic E-state index is 11.7. The van der Waals surface area contributed by atoms with Crippen LogP contribution in [0.15, 0.2) is 104 Å². The maximum Gasteiger partial charge on any atom is 0.330 e. The van der Waals surface area contributed by atoms with Gasteiger partial charge in [-0.2, -0.15) is 0 Å². The Bertz CT molecular complexity index is 872. The van der Waals surface area contributed by atoms with E-state index in [-0.39, 0.29) is 11.9 Å². The number of esters is 1. The molecule has 0 aliphatic heterocycles. The second kappa shape index (κ2) is 11.0. The lowest BCUT2D eigenvalue weighted by molar-refractivity contribution is -0.138. The summed E-state index contributed by atoms with van der Waals surface area (Å²) in [6, 6.07) is 31.6. The molecule has 0 N–H and O–H groups in total. The van der Waals surface area contributed by atoms with Gasteiger partial charge in [0.05, 0.1) is 6.61 Å². The molecule has 0 bridgehead atoms. The third-order valence-electron chi connectivity index (χ3n) is 5.33. The quantitative estimate of drug-likeness (QED) is 0.303. The van der Waals surface area contributed by atoms with Crippen molar-refractivity contribution in [3.8, 4) is 0 Å². The average molecular weight is 385 g/mol. The second-order valence-electron chi connectivity index (χ2n) is 7.31. The van der Waals surface area contributed by atoms with E-state index in [0.29, 0.717) is 12.5 Å². The molecule has 0 aliphatic carbocycles. The minimum absolute atomic E-state index is 0.140. The lowest BCUT2D eigenvalue weighted by atomic mass is 9.82. The molecule has 3 aromatic carbocycles. The van der Waals surface area contributed by atoms with Crippen LogP contribution in [-0.2, 0) is 16.0 Å². The van der Waals surface area contributed by atoms with Gasteiger partial charge in [0, 0.05) is 12.0 Å². The number of carbonyl (C=O) groups is 1. The number of hydrogen-bond acceptors (Lipinski definition) is 2. The van der Waals surface area contributed by atoms with E-state index in [1.165, 1.54) is 22.8 Å². The van der Waals surface area contributed by atoms with Crippen LogP contribution in [-0.4, -0.2) is 12.6 Å². The highest BCUT2D eigenvalue weighted by atomic mass is 16.5. The summed E-state index contributed by atoms with van der Waals surface area (Å²) < 4.78 is 5.45. The van der Waals surface area contributed by atoms with Gasteiger partial charge in [-0.05, 0) is 41.9 Å². The van der Waals surface area contributed by atoms with Gasteiger partial charge < -0.3 is 4.74 Å². The summed E-state index contributed by atoms with van der Waals surface area (Å²) in [5.74, 6) is 0.150. The van der Waals surface area contributed by atoms with Crippen molar-refractivity contribution < 1.29 is 9.53 Å². The van der Waals surface area contributed by atoms with Crippen LogP contribution in [0, 0.1) is 0 Å². The largest absolute Gasteiger partial charge is 0.462 e. The molecule has 3 rings (SSSR count). The summed E-state index contributed by atoms with van der Waals surface area (Å²) in [5.41, 5.74) is 3.88. The zero-order valence-corrected chi connectivity index (χ0v) is 16.7. The van der Waals surface area contributed by atoms with Crippen molar-refractivity contribution in [3.05, 3.63) is 120 Å². The summed E-state index contributed by atoms with van der Waals surface area (Å²) in [6.07, 6.45) is 4.22. The minimum atomic E-state index is -0.369. The zero-order chi connectivity index (χ0) is 20.3. The summed E-state index contributed by atoms with van der Waals surface area (Å²) >= 11 is 0. The fraction of sp³-hybridized carbons (Fsp3) is 0.222. The Morgan fingerprint density at radius 3 is 1.86 bits per heavy atom. The molecule has 0 fully saturated rings. The first-order chi connectivity index (χ1) is 14.3. The van der Waals surface area contributed by atoms with Crippen LogP contribution in [0.2, 0.25) is 0 Å². The molecule has 29 heavy (non-hydrogen) atoms. The summed E-state index contributed by atoms with van der Waals surface area (Å²) in [7, 11) is 0. The molecular weight excluding hydrogens is 356 g/mol. The van der Waals surface area contributed by atoms with E-state index in [1.54, 1.807) is 0 Å². The first kappa shape index (κ1) is 20.6. The highest BCUT2D eigenvalue weighted by Gasteiger charge is 2.21. The van der Waals surface area contributed by atoms with Crippen LogP contribution in [0.3, 0.4) is 0 Å². The number of rotatable bonds is 10. The number of benzene rings is 3. The third kappa shape index (κ3) is 6.46. The summed E-state index contributed by atoms with van der Waals surface area (Å²) in [4.78, 5) is 11.7. The van der Waals surface area contributed by atoms with Crippen molar-refractivity contribution in [2.45, 2.75) is 31.1 Å². The minimum Gasteiger partial charge on any atom is -0.462 e. The molecule has 0 aromatic heterocycles. The highest BCUT2D eigenvalue weighted by molar-refractivity contribution is 5.81. The summed E-state index contributed by atoms with van der Waals surface area (Å²) in [6.45, 7) is 3.87. The standard InChI is InChI=1S/C27H28O2/c1-2-27(28)29-21-26(24-16-10-5-11-17-24)20-25(23-14-8-4-9-15-23)19-18-22-12-6-3-7-13-22/h2-17,25-26H,1,18-21H2. The molecule has 0 saturated heterocycles. The lowest BCUT2D eigenvalue weighted by Crippen LogP contribution is -2.15. The molecule has 2 nitrogen and oxygen atoms in total. The van der Waals surface area contributed by atoms with E-state index < -0.39 is 0 Å². The molecule has 148 valence electrons. The number of carbonyl (C=O) groups excluding carboxylic acids is 1. The molecule has 2 unspecified atom stereocenters. The highest BCUT2D eigenvalue weighted by Crippen LogP contribution is 2.33. The SMILES string of the molecule is C=CC(=O)OCC(CC(CCc1ccccc1)c1ccccc1)c1ccccc1. The molecule has 2 atom stereocenters. The van der Waals surface area contributed by atoms with Crippen molar-refractivity contribution in [3.63, 3.8) is 0 Å². The van der Waals surface area contributed by atoms with Crippen LogP contribution in [0.25, 0.3) is 0 Å². The number of hydrogen-bond donors (Lipinski definition) is 0. The molecule has 3 aromatic rings. The Labute approximate surface area is 173 Å². The molecule has 0 radical (unpaired) electrons. The smallest absolute Gasteiger partial charge is 0.330 e. The summed E-state index contributed by atoms with van der Waals surface area (Å²) in [5, 5.41) is 0. The fourth-order valence-electron chi connectivity index (χ4n) is 3.74. The van der Waals surface area contributed by atoms with Gasteiger partial charge in [-0.1, -0.05) is 97.6 Å². The van der Waals surface area contributed by atoms with Crippen LogP contribution in [0.4, 0.5) is 0 Å². The van der Waals surface area contributed by atoms with E-state index >= 15 is 0 Å². The second-order valence-corrected chi connectivity index (χ2v) is 7.31. The predicted octanol–water partition coefficient (Wildman–Crippen LogP) is 6.31. The molecule has 0 amide bonds. The van der Waals surface area contributed by atoms with Crippen molar-refractivity contribution in [1.29, 1.82) is 0 Å². The first-order valence-corrected chi connectivity index (χ1v) is 10.2. The van der Waals surface area contributed by atoms with Crippen molar-refractivity contribution >= 4 is 5.97 Å². The van der Waals surface area contributed by atoms with E-state index in [4.69, 9.17) is 4.74 Å². The Hall–Kier alpha value is -3.13. The van der Waals surface area contributed by atoms with Crippen LogP contribution in [0.5, 0.6) is 0 Å². The molecule has 0 spiro atoms. The van der Waals surface area contributed by atoms with Gasteiger partial charge in [0.1, 0.15) is 0 Å². The Balaban J connectivity index is 1.79. The molecule has 0 heterocycles. The van der Waals surface area contributed by atoms with E-state index in [1.807, 2.05) is 18.2 Å². The normalized spacial score (nSPS) is 12.7. The van der Waals surface area contributed by atoms with Crippen LogP contribution in [0.1, 0.15) is 41.4 Å². The Kier molecular flexibility index (Phi) is 7.82. The van der Waals surface area contributed by atoms with Crippen molar-refractivity contribution in [1.82, 2.24) is 0 Å². The van der Waals surface area contributed by atoms with Crippen LogP contribution >= 0.6 is 0 Å². The van der Waals surface area contributed by atoms with Crippen molar-refractivity contribution in [2.75, 3.05) is 6.61 Å². The predicted molar refractivity (Wildman–Crippen MR) is 119 cm³/mol. The van der Waals surface area contributed by atoms with Gasteiger partial charge in [-0.25, -0.2) is 4.79 Å². The fourth-order valence-corrected chi connectivity index (χ4v) is 3.74. The molecule has 0 saturated carbocycles. The monoisotopic (exact) mass is 384 g/mol. The lowest BCUT2D eigenvalue weighted by Gasteiger charge is -2.24. The van der Waals surface area contributed by atoms with Gasteiger partial charge in [0.15, 0.2) is 0 Å². The van der Waals surface area contributed by atoms with Gasteiger partial charge >= 0.3 is 5.97 Å². The van der Waals surface area contributed by atoms with Crippen LogP contribution < -0.4 is 0 Å².